The smallest absolute Gasteiger partial charge is 0.403 e. The van der Waals surface area contributed by atoms with Crippen molar-refractivity contribution in [1.82, 2.24) is 0 Å². The molecule has 0 aliphatic rings. The van der Waals surface area contributed by atoms with Gasteiger partial charge in [0.25, 0.3) is 5.24 Å². The Hall–Kier alpha value is -0.360. The van der Waals surface area contributed by atoms with Crippen LogP contribution in [0, 0.1) is 0 Å². The number of halogens is 7. The quantitative estimate of drug-likeness (QED) is 0.720. The minimum absolute atomic E-state index is 0.269. The van der Waals surface area contributed by atoms with Crippen LogP contribution < -0.4 is 4.74 Å². The van der Waals surface area contributed by atoms with Gasteiger partial charge in [0, 0.05) is 0 Å². The molecule has 0 amide bonds. The highest BCUT2D eigenvalue weighted by molar-refractivity contribution is 6.70. The van der Waals surface area contributed by atoms with Crippen molar-refractivity contribution in [1.29, 1.82) is 0 Å². The Morgan fingerprint density at radius 2 is 1.71 bits per heavy atom. The van der Waals surface area contributed by atoms with Crippen molar-refractivity contribution in [3.05, 3.63) is 26.7 Å². The first-order valence-electron chi connectivity index (χ1n) is 3.76. The van der Waals surface area contributed by atoms with Gasteiger partial charge in [0.2, 0.25) is 0 Å². The van der Waals surface area contributed by atoms with Crippen LogP contribution in [0.2, 0.25) is 15.1 Å². The summed E-state index contributed by atoms with van der Waals surface area (Å²) in [6, 6.07) is 0.881. The fraction of sp³-hybridized carbons (Fsp3) is 0.125. The molecule has 1 rings (SSSR count). The van der Waals surface area contributed by atoms with Crippen LogP contribution in [0.4, 0.5) is 13.2 Å². The first-order valence-corrected chi connectivity index (χ1v) is 5.27. The van der Waals surface area contributed by atoms with Gasteiger partial charge in [-0.2, -0.15) is 0 Å². The second kappa shape index (κ2) is 5.10. The Bertz CT molecular complexity index is 473. The summed E-state index contributed by atoms with van der Waals surface area (Å²) in [5, 5.41) is -2.57. The second-order valence-corrected chi connectivity index (χ2v) is 4.22. The molecule has 0 aliphatic carbocycles. The molecule has 17 heavy (non-hydrogen) atoms. The van der Waals surface area contributed by atoms with Crippen LogP contribution in [0.25, 0.3) is 0 Å². The van der Waals surface area contributed by atoms with Gasteiger partial charge in [-0.3, -0.25) is 4.79 Å². The van der Waals surface area contributed by atoms with Crippen LogP contribution >= 0.6 is 46.4 Å². The molecule has 0 fully saturated rings. The molecule has 0 saturated heterocycles. The minimum Gasteiger partial charge on any atom is -0.403 e. The van der Waals surface area contributed by atoms with Crippen molar-refractivity contribution in [3.8, 4) is 5.75 Å². The third kappa shape index (κ3) is 3.55. The van der Waals surface area contributed by atoms with E-state index in [1.54, 1.807) is 0 Å². The summed E-state index contributed by atoms with van der Waals surface area (Å²) in [6.45, 7) is 0. The number of carbonyl (C=O) groups is 1. The van der Waals surface area contributed by atoms with Gasteiger partial charge in [0.15, 0.2) is 5.75 Å². The van der Waals surface area contributed by atoms with Gasteiger partial charge in [-0.25, -0.2) is 0 Å². The summed E-state index contributed by atoms with van der Waals surface area (Å²) >= 11 is 21.7. The normalized spacial score (nSPS) is 11.5. The summed E-state index contributed by atoms with van der Waals surface area (Å²) < 4.78 is 39.7. The summed E-state index contributed by atoms with van der Waals surface area (Å²) in [4.78, 5) is 10.9. The molecular weight excluding hydrogens is 327 g/mol. The highest BCUT2D eigenvalue weighted by Crippen LogP contribution is 2.42. The summed E-state index contributed by atoms with van der Waals surface area (Å²) in [5.41, 5.74) is -0.501. The molecular formula is C8HCl4F3O2. The van der Waals surface area contributed by atoms with Gasteiger partial charge in [0.1, 0.15) is 0 Å². The third-order valence-corrected chi connectivity index (χ3v) is 2.67. The van der Waals surface area contributed by atoms with E-state index in [4.69, 9.17) is 46.4 Å². The first kappa shape index (κ1) is 14.7. The lowest BCUT2D eigenvalue weighted by molar-refractivity contribution is -0.274. The number of ether oxygens (including phenoxy) is 1. The number of hydrogen-bond donors (Lipinski definition) is 0. The van der Waals surface area contributed by atoms with Crippen molar-refractivity contribution < 1.29 is 22.7 Å². The molecule has 0 bridgehead atoms. The zero-order chi connectivity index (χ0) is 13.4. The minimum atomic E-state index is -5.01. The zero-order valence-electron chi connectivity index (χ0n) is 7.54. The maximum Gasteiger partial charge on any atom is 0.573 e. The van der Waals surface area contributed by atoms with Gasteiger partial charge >= 0.3 is 6.36 Å². The van der Waals surface area contributed by atoms with Crippen molar-refractivity contribution in [3.63, 3.8) is 0 Å². The SMILES string of the molecule is O=C(Cl)c1c(Cl)cc(Cl)c(OC(F)(F)F)c1Cl. The lowest BCUT2D eigenvalue weighted by atomic mass is 10.2. The predicted molar refractivity (Wildman–Crippen MR) is 58.3 cm³/mol. The van der Waals surface area contributed by atoms with Crippen molar-refractivity contribution >= 4 is 51.6 Å². The van der Waals surface area contributed by atoms with E-state index >= 15 is 0 Å². The van der Waals surface area contributed by atoms with Gasteiger partial charge in [-0.15, -0.1) is 13.2 Å². The molecule has 9 heteroatoms. The highest BCUT2D eigenvalue weighted by atomic mass is 35.5. The largest absolute Gasteiger partial charge is 0.573 e. The Morgan fingerprint density at radius 3 is 2.12 bits per heavy atom. The Labute approximate surface area is 113 Å². The monoisotopic (exact) mass is 326 g/mol. The van der Waals surface area contributed by atoms with E-state index in [1.165, 1.54) is 0 Å². The molecule has 0 aromatic heterocycles. The van der Waals surface area contributed by atoms with E-state index in [-0.39, 0.29) is 5.02 Å². The predicted octanol–water partition coefficient (Wildman–Crippen LogP) is 4.92. The lowest BCUT2D eigenvalue weighted by Crippen LogP contribution is -2.18. The Morgan fingerprint density at radius 1 is 1.18 bits per heavy atom. The van der Waals surface area contributed by atoms with Gasteiger partial charge in [-0.1, -0.05) is 34.8 Å². The first-order chi connectivity index (χ1) is 7.63. The molecule has 0 spiro atoms. The fourth-order valence-corrected chi connectivity index (χ4v) is 2.27. The lowest BCUT2D eigenvalue weighted by Gasteiger charge is -2.14. The van der Waals surface area contributed by atoms with Crippen LogP contribution in [0.15, 0.2) is 6.07 Å². The Kier molecular flexibility index (Phi) is 4.41. The number of benzene rings is 1. The molecule has 1 aromatic rings. The molecule has 0 radical (unpaired) electrons. The topological polar surface area (TPSA) is 26.3 Å². The highest BCUT2D eigenvalue weighted by Gasteiger charge is 2.34. The number of alkyl halides is 3. The van der Waals surface area contributed by atoms with E-state index < -0.39 is 33.0 Å². The number of carbonyl (C=O) groups excluding carboxylic acids is 1. The molecule has 0 saturated carbocycles. The van der Waals surface area contributed by atoms with Crippen LogP contribution in [-0.2, 0) is 0 Å². The van der Waals surface area contributed by atoms with Crippen LogP contribution in [0.3, 0.4) is 0 Å². The third-order valence-electron chi connectivity index (χ3n) is 1.54. The fourth-order valence-electron chi connectivity index (χ4n) is 0.962. The van der Waals surface area contributed by atoms with Crippen LogP contribution in [-0.4, -0.2) is 11.6 Å². The standard InChI is InChI=1S/C8HCl4F3O2/c9-2-1-3(10)6(17-8(13,14)15)5(11)4(2)7(12)16/h1H. The molecule has 0 aliphatic heterocycles. The average molecular weight is 328 g/mol. The molecule has 0 heterocycles. The molecule has 1 aromatic carbocycles. The molecule has 2 nitrogen and oxygen atoms in total. The summed E-state index contributed by atoms with van der Waals surface area (Å²) in [6.07, 6.45) is -5.01. The van der Waals surface area contributed by atoms with Crippen molar-refractivity contribution in [2.75, 3.05) is 0 Å². The molecule has 94 valence electrons. The average Bonchev–Trinajstić information content (AvgIpc) is 2.09. The summed E-state index contributed by atoms with van der Waals surface area (Å²) in [7, 11) is 0. The van der Waals surface area contributed by atoms with E-state index in [2.05, 4.69) is 4.74 Å². The van der Waals surface area contributed by atoms with E-state index in [9.17, 15) is 18.0 Å². The molecule has 0 unspecified atom stereocenters. The van der Waals surface area contributed by atoms with Crippen LogP contribution in [0.5, 0.6) is 5.75 Å². The van der Waals surface area contributed by atoms with Crippen LogP contribution in [0.1, 0.15) is 10.4 Å². The zero-order valence-corrected chi connectivity index (χ0v) is 10.6. The van der Waals surface area contributed by atoms with Gasteiger partial charge in [-0.05, 0) is 17.7 Å². The van der Waals surface area contributed by atoms with Gasteiger partial charge in [0.05, 0.1) is 20.6 Å². The number of rotatable bonds is 2. The maximum atomic E-state index is 12.0. The van der Waals surface area contributed by atoms with Crippen molar-refractivity contribution in [2.24, 2.45) is 0 Å². The van der Waals surface area contributed by atoms with Gasteiger partial charge < -0.3 is 4.74 Å². The molecule has 0 N–H and O–H groups in total. The maximum absolute atomic E-state index is 12.0. The Balaban J connectivity index is 3.41. The van der Waals surface area contributed by atoms with E-state index in [0.717, 1.165) is 6.07 Å². The van der Waals surface area contributed by atoms with E-state index in [0.29, 0.717) is 0 Å². The summed E-state index contributed by atoms with van der Waals surface area (Å²) in [5.74, 6) is -0.922. The van der Waals surface area contributed by atoms with E-state index in [1.807, 2.05) is 0 Å². The molecule has 0 atom stereocenters. The van der Waals surface area contributed by atoms with Crippen molar-refractivity contribution in [2.45, 2.75) is 6.36 Å². The second-order valence-electron chi connectivity index (χ2n) is 2.68. The number of hydrogen-bond acceptors (Lipinski definition) is 2.